The number of hydrogen-bond acceptors (Lipinski definition) is 6. The van der Waals surface area contributed by atoms with Crippen LogP contribution in [0.3, 0.4) is 0 Å². The third-order valence-electron chi connectivity index (χ3n) is 0.789. The summed E-state index contributed by atoms with van der Waals surface area (Å²) < 4.78 is 33.2. The summed E-state index contributed by atoms with van der Waals surface area (Å²) in [6, 6.07) is 0. The van der Waals surface area contributed by atoms with E-state index in [9.17, 15) is 9.13 Å². The van der Waals surface area contributed by atoms with E-state index in [1.807, 2.05) is 0 Å². The molecule has 0 heterocycles. The molecule has 0 aromatic rings. The Labute approximate surface area is 105 Å². The van der Waals surface area contributed by atoms with Crippen molar-refractivity contribution in [3.05, 3.63) is 0 Å². The van der Waals surface area contributed by atoms with Crippen molar-refractivity contribution in [3.8, 4) is 0 Å². The van der Waals surface area contributed by atoms with Gasteiger partial charge in [0, 0.05) is 0 Å². The second-order valence-corrected chi connectivity index (χ2v) is 4.96. The Bertz CT molecular complexity index is 246. The first-order valence-electron chi connectivity index (χ1n) is 3.23. The van der Waals surface area contributed by atoms with Gasteiger partial charge in [0.1, 0.15) is 0 Å². The molecule has 1 unspecified atom stereocenters. The van der Waals surface area contributed by atoms with Crippen molar-refractivity contribution < 1.29 is 63.4 Å². The minimum Gasteiger partial charge on any atom is -1.00 e. The number of hydrogen-bond donors (Lipinski definition) is 3. The molecule has 0 radical (unpaired) electrons. The summed E-state index contributed by atoms with van der Waals surface area (Å²) >= 11 is 0. The van der Waals surface area contributed by atoms with E-state index in [0.717, 1.165) is 0 Å². The molecule has 0 rings (SSSR count). The first-order valence-corrected chi connectivity index (χ1v) is 6.22. The van der Waals surface area contributed by atoms with Crippen LogP contribution in [0.1, 0.15) is 14.8 Å². The molecule has 14 heavy (non-hydrogen) atoms. The van der Waals surface area contributed by atoms with Gasteiger partial charge in [0.25, 0.3) is 0 Å². The van der Waals surface area contributed by atoms with Gasteiger partial charge in [-0.15, -0.1) is 0 Å². The van der Waals surface area contributed by atoms with Crippen molar-refractivity contribution in [2.45, 2.75) is 13.3 Å². The fourth-order valence-corrected chi connectivity index (χ4v) is 2.26. The van der Waals surface area contributed by atoms with Crippen LogP contribution in [0.4, 0.5) is 0 Å². The van der Waals surface area contributed by atoms with Crippen molar-refractivity contribution in [3.63, 3.8) is 0 Å². The summed E-state index contributed by atoms with van der Waals surface area (Å²) in [5.74, 6) is 4.50. The molecule has 11 heteroatoms. The van der Waals surface area contributed by atoms with Crippen LogP contribution in [0.25, 0.3) is 0 Å². The van der Waals surface area contributed by atoms with E-state index in [0.29, 0.717) is 6.42 Å². The molecule has 0 amide bonds. The standard InChI is InChI=1S/C3H11NO7P2.Na.H/c1-2-3-9-13(8,10-4)11-12(5,6)7;;/h2-4H2,1H3,(H2,5,6,7);;/q;+1;-1. The van der Waals surface area contributed by atoms with Crippen LogP contribution < -0.4 is 35.5 Å². The quantitative estimate of drug-likeness (QED) is 0.274. The van der Waals surface area contributed by atoms with Gasteiger partial charge in [-0.25, -0.2) is 19.7 Å². The van der Waals surface area contributed by atoms with Crippen molar-refractivity contribution >= 4 is 15.6 Å². The average Bonchev–Trinajstić information content (AvgIpc) is 1.98. The first kappa shape index (κ1) is 17.6. The van der Waals surface area contributed by atoms with Crippen molar-refractivity contribution in [1.82, 2.24) is 0 Å². The molecule has 0 saturated carbocycles. The van der Waals surface area contributed by atoms with E-state index in [2.05, 4.69) is 19.4 Å². The largest absolute Gasteiger partial charge is 1.00 e. The summed E-state index contributed by atoms with van der Waals surface area (Å²) in [6.07, 6.45) is 0.470. The molecular formula is C3H12NNaO7P2. The maximum atomic E-state index is 11.1. The van der Waals surface area contributed by atoms with Gasteiger partial charge in [0.2, 0.25) is 0 Å². The molecular weight excluding hydrogens is 247 g/mol. The third-order valence-corrected chi connectivity index (χ3v) is 3.20. The van der Waals surface area contributed by atoms with Gasteiger partial charge in [-0.3, -0.25) is 4.52 Å². The van der Waals surface area contributed by atoms with E-state index in [1.165, 1.54) is 0 Å². The molecule has 8 nitrogen and oxygen atoms in total. The smallest absolute Gasteiger partial charge is 1.00 e. The van der Waals surface area contributed by atoms with Crippen LogP contribution in [0.15, 0.2) is 0 Å². The molecule has 0 aliphatic rings. The Morgan fingerprint density at radius 2 is 1.93 bits per heavy atom. The van der Waals surface area contributed by atoms with Crippen molar-refractivity contribution in [2.24, 2.45) is 5.90 Å². The zero-order valence-corrected chi connectivity index (χ0v) is 11.6. The van der Waals surface area contributed by atoms with Crippen LogP contribution in [0, 0.1) is 0 Å². The van der Waals surface area contributed by atoms with Gasteiger partial charge in [-0.05, 0) is 6.42 Å². The monoisotopic (exact) mass is 259 g/mol. The normalized spacial score (nSPS) is 15.7. The summed E-state index contributed by atoms with van der Waals surface area (Å²) in [4.78, 5) is 16.6. The Morgan fingerprint density at radius 3 is 2.21 bits per heavy atom. The summed E-state index contributed by atoms with van der Waals surface area (Å²) in [5.41, 5.74) is 0. The second kappa shape index (κ2) is 7.49. The van der Waals surface area contributed by atoms with Gasteiger partial charge in [0.05, 0.1) is 6.61 Å². The Hall–Kier alpha value is 1.22. The van der Waals surface area contributed by atoms with Gasteiger partial charge >= 0.3 is 45.2 Å². The Morgan fingerprint density at radius 1 is 1.43 bits per heavy atom. The zero-order valence-electron chi connectivity index (χ0n) is 8.82. The van der Waals surface area contributed by atoms with E-state index >= 15 is 0 Å². The number of nitrogens with two attached hydrogens (primary N) is 1. The summed E-state index contributed by atoms with van der Waals surface area (Å²) in [6.45, 7) is 1.65. The molecule has 0 bridgehead atoms. The van der Waals surface area contributed by atoms with Crippen molar-refractivity contribution in [2.75, 3.05) is 6.61 Å². The van der Waals surface area contributed by atoms with Crippen LogP contribution in [-0.4, -0.2) is 16.4 Å². The molecule has 82 valence electrons. The summed E-state index contributed by atoms with van der Waals surface area (Å²) in [7, 11) is -9.26. The number of rotatable bonds is 6. The first-order chi connectivity index (χ1) is 5.83. The van der Waals surface area contributed by atoms with Gasteiger partial charge < -0.3 is 11.2 Å². The van der Waals surface area contributed by atoms with E-state index in [1.54, 1.807) is 6.92 Å². The topological polar surface area (TPSA) is 128 Å². The fourth-order valence-electron chi connectivity index (χ4n) is 0.407. The van der Waals surface area contributed by atoms with Crippen LogP contribution in [-0.2, 0) is 22.6 Å². The fraction of sp³-hybridized carbons (Fsp3) is 1.00. The third kappa shape index (κ3) is 8.52. The maximum absolute atomic E-state index is 11.1. The van der Waals surface area contributed by atoms with Crippen molar-refractivity contribution in [1.29, 1.82) is 0 Å². The average molecular weight is 259 g/mol. The molecule has 0 aliphatic carbocycles. The maximum Gasteiger partial charge on any atom is 1.00 e. The van der Waals surface area contributed by atoms with Crippen LogP contribution in [0.5, 0.6) is 0 Å². The van der Waals surface area contributed by atoms with E-state index < -0.39 is 15.6 Å². The van der Waals surface area contributed by atoms with Crippen LogP contribution in [0.2, 0.25) is 0 Å². The minimum atomic E-state index is -4.94. The van der Waals surface area contributed by atoms with Gasteiger partial charge in [-0.2, -0.15) is 4.31 Å². The Kier molecular flexibility index (Phi) is 9.42. The summed E-state index contributed by atoms with van der Waals surface area (Å²) in [5, 5.41) is 0. The molecule has 0 aromatic heterocycles. The minimum absolute atomic E-state index is 0. The predicted molar refractivity (Wildman–Crippen MR) is 43.4 cm³/mol. The second-order valence-electron chi connectivity index (χ2n) is 1.96. The molecule has 4 N–H and O–H groups in total. The number of phosphoric acid groups is 2. The molecule has 0 saturated heterocycles. The molecule has 0 spiro atoms. The van der Waals surface area contributed by atoms with Gasteiger partial charge in [-0.1, -0.05) is 6.92 Å². The zero-order chi connectivity index (χ0) is 10.5. The van der Waals surface area contributed by atoms with E-state index in [-0.39, 0.29) is 37.6 Å². The SMILES string of the molecule is CCCOP(=O)(ON)OP(=O)(O)O.[H-].[Na+]. The molecule has 0 aromatic carbocycles. The molecule has 1 atom stereocenters. The molecule has 0 fully saturated rings. The molecule has 0 aliphatic heterocycles. The van der Waals surface area contributed by atoms with E-state index in [4.69, 9.17) is 9.79 Å². The Balaban J connectivity index is -0.000000720. The van der Waals surface area contributed by atoms with Crippen LogP contribution >= 0.6 is 15.6 Å². The van der Waals surface area contributed by atoms with Gasteiger partial charge in [0.15, 0.2) is 0 Å². The predicted octanol–water partition coefficient (Wildman–Crippen LogP) is -2.36.